The fourth-order valence-electron chi connectivity index (χ4n) is 3.77. The molecular weight excluding hydrogens is 625 g/mol. The van der Waals surface area contributed by atoms with E-state index in [1.807, 2.05) is 38.1 Å². The Bertz CT molecular complexity index is 1420. The predicted octanol–water partition coefficient (Wildman–Crippen LogP) is 6.20. The monoisotopic (exact) mass is 653 g/mol. The highest BCUT2D eigenvalue weighted by Crippen LogP contribution is 2.31. The lowest BCUT2D eigenvalue weighted by Crippen LogP contribution is -2.51. The van der Waals surface area contributed by atoms with Gasteiger partial charge < -0.3 is 10.2 Å². The van der Waals surface area contributed by atoms with E-state index in [4.69, 9.17) is 23.2 Å². The minimum atomic E-state index is -4.19. The van der Waals surface area contributed by atoms with Crippen molar-refractivity contribution < 1.29 is 18.0 Å². The van der Waals surface area contributed by atoms with Gasteiger partial charge in [0.25, 0.3) is 10.0 Å². The molecule has 3 aromatic rings. The van der Waals surface area contributed by atoms with Crippen LogP contribution in [0, 0.1) is 6.92 Å². The molecule has 0 radical (unpaired) electrons. The minimum Gasteiger partial charge on any atom is -0.354 e. The number of sulfonamides is 1. The Kier molecular flexibility index (Phi) is 10.8. The topological polar surface area (TPSA) is 86.8 Å². The second kappa shape index (κ2) is 13.7. The van der Waals surface area contributed by atoms with E-state index < -0.39 is 28.5 Å². The van der Waals surface area contributed by atoms with Crippen LogP contribution in [-0.2, 0) is 26.2 Å². The number of anilines is 1. The standard InChI is InChI=1S/C28H30BrCl2N3O4S/c1-4-15-32-28(36)20(3)33(17-21-7-9-22(29)10-8-21)27(35)18-34(23-11-14-25(30)26(31)16-23)39(37,38)24-12-5-19(2)6-13-24/h5-14,16,20H,4,15,17-18H2,1-3H3,(H,32,36)/t20-/m1/s1. The number of aryl methyl sites for hydroxylation is 1. The molecule has 11 heteroatoms. The largest absolute Gasteiger partial charge is 0.354 e. The number of hydrogen-bond acceptors (Lipinski definition) is 4. The molecule has 0 saturated carbocycles. The first-order valence-electron chi connectivity index (χ1n) is 12.3. The molecular formula is C28H30BrCl2N3O4S. The number of halogens is 3. The molecule has 1 atom stereocenters. The molecule has 0 aliphatic heterocycles. The van der Waals surface area contributed by atoms with Crippen molar-refractivity contribution in [1.82, 2.24) is 10.2 Å². The Morgan fingerprint density at radius 3 is 2.21 bits per heavy atom. The first kappa shape index (κ1) is 30.9. The zero-order valence-corrected chi connectivity index (χ0v) is 25.7. The molecule has 0 saturated heterocycles. The average Bonchev–Trinajstić information content (AvgIpc) is 2.91. The summed E-state index contributed by atoms with van der Waals surface area (Å²) in [5.41, 5.74) is 1.84. The van der Waals surface area contributed by atoms with Crippen LogP contribution < -0.4 is 9.62 Å². The number of carbonyl (C=O) groups excluding carboxylic acids is 2. The molecule has 0 spiro atoms. The zero-order valence-electron chi connectivity index (χ0n) is 21.8. The summed E-state index contributed by atoms with van der Waals surface area (Å²) in [7, 11) is -4.19. The van der Waals surface area contributed by atoms with Crippen LogP contribution >= 0.6 is 39.1 Å². The smallest absolute Gasteiger partial charge is 0.264 e. The fourth-order valence-corrected chi connectivity index (χ4v) is 5.73. The van der Waals surface area contributed by atoms with Crippen molar-refractivity contribution in [1.29, 1.82) is 0 Å². The van der Waals surface area contributed by atoms with Crippen LogP contribution in [0.2, 0.25) is 10.0 Å². The molecule has 0 heterocycles. The summed E-state index contributed by atoms with van der Waals surface area (Å²) in [6.45, 7) is 5.41. The Labute approximate surface area is 248 Å². The van der Waals surface area contributed by atoms with Crippen LogP contribution in [-0.4, -0.2) is 44.3 Å². The Morgan fingerprint density at radius 1 is 0.974 bits per heavy atom. The highest BCUT2D eigenvalue weighted by Gasteiger charge is 2.32. The van der Waals surface area contributed by atoms with E-state index >= 15 is 0 Å². The molecule has 1 N–H and O–H groups in total. The lowest BCUT2D eigenvalue weighted by Gasteiger charge is -2.32. The molecule has 0 fully saturated rings. The Hall–Kier alpha value is -2.59. The lowest BCUT2D eigenvalue weighted by molar-refractivity contribution is -0.139. The zero-order chi connectivity index (χ0) is 28.7. The highest BCUT2D eigenvalue weighted by atomic mass is 79.9. The molecule has 208 valence electrons. The molecule has 2 amide bonds. The summed E-state index contributed by atoms with van der Waals surface area (Å²) in [6, 6.07) is 17.2. The van der Waals surface area contributed by atoms with E-state index in [0.29, 0.717) is 6.54 Å². The first-order valence-corrected chi connectivity index (χ1v) is 15.3. The number of nitrogens with one attached hydrogen (secondary N) is 1. The lowest BCUT2D eigenvalue weighted by atomic mass is 10.1. The summed E-state index contributed by atoms with van der Waals surface area (Å²) in [5.74, 6) is -0.886. The van der Waals surface area contributed by atoms with Crippen LogP contribution in [0.5, 0.6) is 0 Å². The highest BCUT2D eigenvalue weighted by molar-refractivity contribution is 9.10. The van der Waals surface area contributed by atoms with E-state index in [1.54, 1.807) is 19.1 Å². The molecule has 0 unspecified atom stereocenters. The van der Waals surface area contributed by atoms with Crippen LogP contribution in [0.25, 0.3) is 0 Å². The molecule has 7 nitrogen and oxygen atoms in total. The van der Waals surface area contributed by atoms with Gasteiger partial charge in [-0.05, 0) is 68.3 Å². The van der Waals surface area contributed by atoms with E-state index in [2.05, 4.69) is 21.2 Å². The predicted molar refractivity (Wildman–Crippen MR) is 160 cm³/mol. The fraction of sp³-hybridized carbons (Fsp3) is 0.286. The maximum absolute atomic E-state index is 13.9. The van der Waals surface area contributed by atoms with Gasteiger partial charge in [0, 0.05) is 17.6 Å². The summed E-state index contributed by atoms with van der Waals surface area (Å²) >= 11 is 15.7. The van der Waals surface area contributed by atoms with E-state index in [0.717, 1.165) is 26.3 Å². The quantitative estimate of drug-likeness (QED) is 0.267. The Balaban J connectivity index is 2.04. The number of benzene rings is 3. The number of amides is 2. The van der Waals surface area contributed by atoms with Crippen molar-refractivity contribution in [2.24, 2.45) is 0 Å². The van der Waals surface area contributed by atoms with Crippen molar-refractivity contribution in [3.8, 4) is 0 Å². The van der Waals surface area contributed by atoms with Gasteiger partial charge >= 0.3 is 0 Å². The molecule has 0 aromatic heterocycles. The van der Waals surface area contributed by atoms with Gasteiger partial charge in [0.2, 0.25) is 11.8 Å². The van der Waals surface area contributed by atoms with Gasteiger partial charge in [0.05, 0.1) is 20.6 Å². The molecule has 3 aromatic carbocycles. The summed E-state index contributed by atoms with van der Waals surface area (Å²) in [4.78, 5) is 28.2. The number of rotatable bonds is 11. The van der Waals surface area contributed by atoms with E-state index in [9.17, 15) is 18.0 Å². The molecule has 0 aliphatic carbocycles. The van der Waals surface area contributed by atoms with Crippen LogP contribution in [0.15, 0.2) is 76.1 Å². The Morgan fingerprint density at radius 2 is 1.62 bits per heavy atom. The normalized spacial score (nSPS) is 12.1. The van der Waals surface area contributed by atoms with Gasteiger partial charge in [-0.3, -0.25) is 13.9 Å². The number of carbonyl (C=O) groups is 2. The van der Waals surface area contributed by atoms with Gasteiger partial charge in [0.15, 0.2) is 0 Å². The maximum Gasteiger partial charge on any atom is 0.264 e. The van der Waals surface area contributed by atoms with Gasteiger partial charge in [-0.15, -0.1) is 0 Å². The van der Waals surface area contributed by atoms with Gasteiger partial charge in [-0.2, -0.15) is 0 Å². The second-order valence-corrected chi connectivity index (χ2v) is 12.6. The summed E-state index contributed by atoms with van der Waals surface area (Å²) in [6.07, 6.45) is 0.735. The second-order valence-electron chi connectivity index (χ2n) is 9.04. The summed E-state index contributed by atoms with van der Waals surface area (Å²) in [5, 5.41) is 3.21. The van der Waals surface area contributed by atoms with Crippen molar-refractivity contribution in [3.05, 3.63) is 92.4 Å². The third kappa shape index (κ3) is 7.97. The SMILES string of the molecule is CCCNC(=O)[C@@H](C)N(Cc1ccc(Br)cc1)C(=O)CN(c1ccc(Cl)c(Cl)c1)S(=O)(=O)c1ccc(C)cc1. The first-order chi connectivity index (χ1) is 18.4. The van der Waals surface area contributed by atoms with Crippen LogP contribution in [0.1, 0.15) is 31.4 Å². The molecule has 3 rings (SSSR count). The number of nitrogens with zero attached hydrogens (tertiary/aromatic N) is 2. The van der Waals surface area contributed by atoms with Crippen LogP contribution in [0.3, 0.4) is 0 Å². The van der Waals surface area contributed by atoms with Crippen molar-refractivity contribution in [3.63, 3.8) is 0 Å². The van der Waals surface area contributed by atoms with E-state index in [1.165, 1.54) is 35.2 Å². The van der Waals surface area contributed by atoms with Gasteiger partial charge in [0.1, 0.15) is 12.6 Å². The van der Waals surface area contributed by atoms with Crippen molar-refractivity contribution >= 4 is 66.7 Å². The molecule has 39 heavy (non-hydrogen) atoms. The van der Waals surface area contributed by atoms with Crippen molar-refractivity contribution in [2.45, 2.75) is 44.7 Å². The number of hydrogen-bond donors (Lipinski definition) is 1. The molecule has 0 bridgehead atoms. The average molecular weight is 655 g/mol. The van der Waals surface area contributed by atoms with E-state index in [-0.39, 0.29) is 33.1 Å². The third-order valence-electron chi connectivity index (χ3n) is 6.06. The summed E-state index contributed by atoms with van der Waals surface area (Å²) < 4.78 is 29.5. The third-order valence-corrected chi connectivity index (χ3v) is 9.12. The van der Waals surface area contributed by atoms with Gasteiger partial charge in [-0.1, -0.05) is 75.9 Å². The molecule has 0 aliphatic rings. The van der Waals surface area contributed by atoms with Crippen LogP contribution in [0.4, 0.5) is 5.69 Å². The maximum atomic E-state index is 13.9. The minimum absolute atomic E-state index is 0.0140. The van der Waals surface area contributed by atoms with Crippen molar-refractivity contribution in [2.75, 3.05) is 17.4 Å². The van der Waals surface area contributed by atoms with Gasteiger partial charge in [-0.25, -0.2) is 8.42 Å².